The van der Waals surface area contributed by atoms with Crippen LogP contribution in [0.4, 0.5) is 0 Å². The van der Waals surface area contributed by atoms with Crippen molar-refractivity contribution in [3.63, 3.8) is 0 Å². The first-order chi connectivity index (χ1) is 5.35. The summed E-state index contributed by atoms with van der Waals surface area (Å²) in [5, 5.41) is 0. The first kappa shape index (κ1) is 11.0. The number of hydrogen-bond acceptors (Lipinski definition) is 5. The van der Waals surface area contributed by atoms with Crippen molar-refractivity contribution in [3.05, 3.63) is 0 Å². The van der Waals surface area contributed by atoms with Crippen LogP contribution in [0.5, 0.6) is 0 Å². The molecule has 0 atom stereocenters. The summed E-state index contributed by atoms with van der Waals surface area (Å²) >= 11 is -1.38. The summed E-state index contributed by atoms with van der Waals surface area (Å²) in [5.41, 5.74) is 0. The molecule has 0 saturated heterocycles. The molecule has 0 aromatic carbocycles. The Labute approximate surface area is 71.8 Å². The molecule has 0 radical (unpaired) electrons. The van der Waals surface area contributed by atoms with Gasteiger partial charge in [-0.2, -0.15) is 0 Å². The topological polar surface area (TPSA) is 54.0 Å². The second-order valence-corrected chi connectivity index (χ2v) is 1.87. The van der Waals surface area contributed by atoms with Crippen LogP contribution < -0.4 is 0 Å². The molecule has 5 nitrogen and oxygen atoms in total. The normalized spacial score (nSPS) is 9.73. The Bertz CT molecular complexity index is 92.9. The molecule has 0 aliphatic heterocycles. The van der Waals surface area contributed by atoms with E-state index in [9.17, 15) is 3.80 Å². The van der Waals surface area contributed by atoms with Gasteiger partial charge in [0.1, 0.15) is 0 Å². The summed E-state index contributed by atoms with van der Waals surface area (Å²) in [4.78, 5) is 4.45. The summed E-state index contributed by atoms with van der Waals surface area (Å²) < 4.78 is 23.8. The van der Waals surface area contributed by atoms with Gasteiger partial charge in [-0.3, -0.25) is 0 Å². The van der Waals surface area contributed by atoms with Crippen molar-refractivity contribution in [2.24, 2.45) is 0 Å². The number of rotatable bonds is 7. The molecular weight excluding hydrogens is 167 g/mol. The molecule has 0 aliphatic carbocycles. The van der Waals surface area contributed by atoms with E-state index in [1.165, 1.54) is 0 Å². The Morgan fingerprint density at radius 3 is 2.18 bits per heavy atom. The van der Waals surface area contributed by atoms with Crippen molar-refractivity contribution >= 4 is 15.5 Å². The Morgan fingerprint density at radius 1 is 1.27 bits per heavy atom. The van der Waals surface area contributed by atoms with Gasteiger partial charge in [0.15, 0.2) is 0 Å². The zero-order valence-corrected chi connectivity index (χ0v) is 7.76. The van der Waals surface area contributed by atoms with Gasteiger partial charge in [0.05, 0.1) is 0 Å². The molecule has 0 heterocycles. The van der Waals surface area contributed by atoms with Crippen LogP contribution in [0.25, 0.3) is 0 Å². The molecule has 6 heteroatoms. The summed E-state index contributed by atoms with van der Waals surface area (Å²) in [7, 11) is 0. The van der Waals surface area contributed by atoms with Crippen LogP contribution in [-0.2, 0) is 22.1 Å². The van der Waals surface area contributed by atoms with E-state index in [-0.39, 0.29) is 0 Å². The van der Waals surface area contributed by atoms with Gasteiger partial charge in [-0.05, 0) is 0 Å². The zero-order chi connectivity index (χ0) is 8.53. The molecule has 64 valence electrons. The minimum atomic E-state index is -1.38. The molecule has 0 rings (SSSR count). The predicted molar refractivity (Wildman–Crippen MR) is 35.7 cm³/mol. The SMILES string of the molecule is CCOC(OCC)O[O][Al]=[O]. The minimum absolute atomic E-state index is 0.447. The van der Waals surface area contributed by atoms with Crippen molar-refractivity contribution in [1.29, 1.82) is 0 Å². The molecule has 0 saturated carbocycles. The second kappa shape index (κ2) is 8.11. The molecule has 0 fully saturated rings. The van der Waals surface area contributed by atoms with Crippen molar-refractivity contribution < 1.29 is 22.1 Å². The molecule has 0 N–H and O–H groups in total. The zero-order valence-electron chi connectivity index (χ0n) is 6.61. The molecule has 11 heavy (non-hydrogen) atoms. The van der Waals surface area contributed by atoms with Crippen molar-refractivity contribution in [3.8, 4) is 0 Å². The van der Waals surface area contributed by atoms with E-state index in [4.69, 9.17) is 9.47 Å². The molecule has 0 bridgehead atoms. The van der Waals surface area contributed by atoms with E-state index in [0.29, 0.717) is 13.2 Å². The summed E-state index contributed by atoms with van der Waals surface area (Å²) in [6, 6.07) is 0. The van der Waals surface area contributed by atoms with Gasteiger partial charge in [0, 0.05) is 0 Å². The van der Waals surface area contributed by atoms with Gasteiger partial charge in [0.25, 0.3) is 0 Å². The quantitative estimate of drug-likeness (QED) is 0.242. The van der Waals surface area contributed by atoms with Crippen LogP contribution in [0.15, 0.2) is 0 Å². The van der Waals surface area contributed by atoms with Gasteiger partial charge in [-0.1, -0.05) is 0 Å². The van der Waals surface area contributed by atoms with Crippen LogP contribution >= 0.6 is 0 Å². The Balaban J connectivity index is 3.41. The van der Waals surface area contributed by atoms with Crippen LogP contribution in [-0.4, -0.2) is 35.2 Å². The Kier molecular flexibility index (Phi) is 8.12. The van der Waals surface area contributed by atoms with Crippen molar-refractivity contribution in [2.75, 3.05) is 13.2 Å². The maximum absolute atomic E-state index is 9.87. The third-order valence-electron chi connectivity index (χ3n) is 0.779. The molecule has 0 aromatic rings. The summed E-state index contributed by atoms with van der Waals surface area (Å²) in [6.45, 7) is 3.61. The fourth-order valence-electron chi connectivity index (χ4n) is 0.444. The van der Waals surface area contributed by atoms with E-state index in [1.54, 1.807) is 13.8 Å². The van der Waals surface area contributed by atoms with E-state index in [1.807, 2.05) is 0 Å². The van der Waals surface area contributed by atoms with Gasteiger partial charge in [-0.15, -0.1) is 0 Å². The van der Waals surface area contributed by atoms with Gasteiger partial charge < -0.3 is 0 Å². The first-order valence-electron chi connectivity index (χ1n) is 3.34. The Morgan fingerprint density at radius 2 is 1.82 bits per heavy atom. The van der Waals surface area contributed by atoms with E-state index < -0.39 is 22.0 Å². The maximum atomic E-state index is 9.87. The first-order valence-corrected chi connectivity index (χ1v) is 4.28. The third kappa shape index (κ3) is 6.41. The summed E-state index contributed by atoms with van der Waals surface area (Å²) in [5.74, 6) is 0. The van der Waals surface area contributed by atoms with Crippen LogP contribution in [0.1, 0.15) is 13.8 Å². The van der Waals surface area contributed by atoms with Gasteiger partial charge in [-0.25, -0.2) is 0 Å². The van der Waals surface area contributed by atoms with E-state index in [2.05, 4.69) is 8.83 Å². The molecule has 0 aliphatic rings. The average molecular weight is 178 g/mol. The summed E-state index contributed by atoms with van der Waals surface area (Å²) in [6.07, 6.45) is 0. The average Bonchev–Trinajstić information content (AvgIpc) is 2.01. The van der Waals surface area contributed by atoms with Crippen molar-refractivity contribution in [1.82, 2.24) is 0 Å². The fraction of sp³-hybridized carbons (Fsp3) is 1.00. The van der Waals surface area contributed by atoms with Crippen LogP contribution in [0, 0.1) is 0 Å². The predicted octanol–water partition coefficient (Wildman–Crippen LogP) is 0.256. The monoisotopic (exact) mass is 178 g/mol. The molecule has 0 unspecified atom stereocenters. The molecule has 0 amide bonds. The van der Waals surface area contributed by atoms with Crippen LogP contribution in [0.3, 0.4) is 0 Å². The second-order valence-electron chi connectivity index (χ2n) is 1.49. The fourth-order valence-corrected chi connectivity index (χ4v) is 0.580. The van der Waals surface area contributed by atoms with Crippen molar-refractivity contribution in [2.45, 2.75) is 20.3 Å². The van der Waals surface area contributed by atoms with E-state index >= 15 is 0 Å². The Hall–Kier alpha value is 0.0125. The molecule has 0 spiro atoms. The van der Waals surface area contributed by atoms with Gasteiger partial charge >= 0.3 is 71.1 Å². The third-order valence-corrected chi connectivity index (χ3v) is 0.969. The van der Waals surface area contributed by atoms with E-state index in [0.717, 1.165) is 0 Å². The molecule has 0 aromatic heterocycles. The number of ether oxygens (including phenoxy) is 2. The standard InChI is InChI=1S/C5H12O4.Al.O/c1-3-7-5(9-6)8-4-2;;/h5-6H,3-4H2,1-2H3;;/q;+1;/p-1. The number of hydrogen-bond donors (Lipinski definition) is 0. The van der Waals surface area contributed by atoms with Gasteiger partial charge in [0.2, 0.25) is 0 Å². The van der Waals surface area contributed by atoms with Crippen LogP contribution in [0.2, 0.25) is 0 Å². The molecular formula is C5H11AlO5.